The van der Waals surface area contributed by atoms with Crippen molar-refractivity contribution in [1.82, 2.24) is 9.62 Å². The number of esters is 1. The number of carbonyl (C=O) groups excluding carboxylic acids is 1. The van der Waals surface area contributed by atoms with E-state index in [9.17, 15) is 22.7 Å². The minimum absolute atomic E-state index is 0.0327. The lowest BCUT2D eigenvalue weighted by Crippen LogP contribution is -2.68. The molecule has 0 aromatic heterocycles. The van der Waals surface area contributed by atoms with Crippen LogP contribution in [0, 0.1) is 56.7 Å². The van der Waals surface area contributed by atoms with Crippen molar-refractivity contribution in [2.75, 3.05) is 32.6 Å². The Balaban J connectivity index is 0.987. The van der Waals surface area contributed by atoms with Crippen LogP contribution >= 0.6 is 0 Å². The molecule has 0 spiro atoms. The van der Waals surface area contributed by atoms with Gasteiger partial charge in [-0.05, 0) is 178 Å². The van der Waals surface area contributed by atoms with E-state index >= 15 is 0 Å². The normalized spacial score (nSPS) is 40.6. The van der Waals surface area contributed by atoms with Crippen LogP contribution in [0.1, 0.15) is 143 Å². The average molecular weight is 861 g/mol. The van der Waals surface area contributed by atoms with Crippen LogP contribution in [-0.4, -0.2) is 67.5 Å². The molecule has 1 saturated heterocycles. The van der Waals surface area contributed by atoms with E-state index in [2.05, 4.69) is 65.6 Å². The quantitative estimate of drug-likeness (QED) is 0.170. The lowest BCUT2D eigenvalue weighted by Gasteiger charge is -2.72. The highest BCUT2D eigenvalue weighted by atomic mass is 32.2. The summed E-state index contributed by atoms with van der Waals surface area (Å²) in [6.07, 6.45) is 19.9. The summed E-state index contributed by atoms with van der Waals surface area (Å²) in [5.41, 5.74) is 3.64. The van der Waals surface area contributed by atoms with Gasteiger partial charge in [-0.3, -0.25) is 4.79 Å². The van der Waals surface area contributed by atoms with Crippen molar-refractivity contribution in [2.45, 2.75) is 156 Å². The zero-order valence-corrected chi connectivity index (χ0v) is 39.4. The molecule has 1 heterocycles. The number of hydrogen-bond acceptors (Lipinski definition) is 6. The maximum Gasteiger partial charge on any atom is 0.315 e. The molecule has 0 unspecified atom stereocenters. The Morgan fingerprint density at radius 2 is 1.62 bits per heavy atom. The lowest BCUT2D eigenvalue weighted by molar-refractivity contribution is -0.221. The van der Waals surface area contributed by atoms with Gasteiger partial charge in [0, 0.05) is 18.6 Å². The SMILES string of the molecule is C=C(C)[C@@H]1CC[C@]2(NCCC3(O)CCN(S(C)(=O)=O)CC3)CC[C@]3(C)[C@H](CC[C@@H]4[C@@]5(C)CC=C(C6=CC[C@](CF)(C(=O)OCc7ccccc7)CC6)C(C)(C)[C@@H]5CC[C@]43C)[C@@H]12. The molecule has 0 bridgehead atoms. The number of carbonyl (C=O) groups is 1. The van der Waals surface area contributed by atoms with E-state index < -0.39 is 33.7 Å². The number of aliphatic hydroxyl groups is 1. The Bertz CT molecular complexity index is 2020. The first-order valence-corrected chi connectivity index (χ1v) is 25.8. The van der Waals surface area contributed by atoms with E-state index in [4.69, 9.17) is 4.74 Å². The van der Waals surface area contributed by atoms with Gasteiger partial charge in [0.1, 0.15) is 13.3 Å². The molecule has 6 aliphatic carbocycles. The standard InChI is InChI=1S/C52H77FN2O5S/c1-36(2)39-18-25-52(54-31-28-51(57)29-32-55(33-30-51)61(8,58)59)27-26-48(6)41(44(39)52)14-15-43-47(5)21-19-40(46(3,4)42(47)20-22-49(43,48)7)38-16-23-50(35-53,24-17-38)45(56)60-34-37-12-10-9-11-13-37/h9-13,16,19,39,41-44,54,57H,1,14-15,17-18,20-35H2,2-8H3/t39-,41+,42-,43+,44+,47-,48+,49+,50-,52-/m0/s1. The molecule has 61 heavy (non-hydrogen) atoms. The van der Waals surface area contributed by atoms with Crippen LogP contribution in [0.25, 0.3) is 0 Å². The van der Waals surface area contributed by atoms with Crippen molar-refractivity contribution in [3.8, 4) is 0 Å². The molecule has 10 atom stereocenters. The first kappa shape index (κ1) is 45.2. The summed E-state index contributed by atoms with van der Waals surface area (Å²) in [6.45, 7) is 20.8. The topological polar surface area (TPSA) is 95.9 Å². The van der Waals surface area contributed by atoms with Crippen LogP contribution in [-0.2, 0) is 26.2 Å². The number of nitrogens with one attached hydrogen (secondary N) is 1. The van der Waals surface area contributed by atoms with Gasteiger partial charge in [-0.25, -0.2) is 17.1 Å². The van der Waals surface area contributed by atoms with Gasteiger partial charge >= 0.3 is 5.97 Å². The van der Waals surface area contributed by atoms with Gasteiger partial charge in [-0.1, -0.05) is 89.3 Å². The molecule has 1 aromatic carbocycles. The summed E-state index contributed by atoms with van der Waals surface area (Å²) in [7, 11) is -3.24. The van der Waals surface area contributed by atoms with Gasteiger partial charge in [0.25, 0.3) is 0 Å². The highest BCUT2D eigenvalue weighted by Gasteiger charge is 2.70. The summed E-state index contributed by atoms with van der Waals surface area (Å²) in [5, 5.41) is 15.8. The Morgan fingerprint density at radius 1 is 0.902 bits per heavy atom. The molecule has 7 nitrogen and oxygen atoms in total. The lowest BCUT2D eigenvalue weighted by atomic mass is 9.33. The van der Waals surface area contributed by atoms with Crippen LogP contribution < -0.4 is 5.32 Å². The van der Waals surface area contributed by atoms with E-state index in [1.165, 1.54) is 65.8 Å². The third-order valence-electron chi connectivity index (χ3n) is 19.7. The molecule has 5 fully saturated rings. The van der Waals surface area contributed by atoms with Crippen LogP contribution in [0.2, 0.25) is 0 Å². The molecule has 0 amide bonds. The Kier molecular flexibility index (Phi) is 11.9. The first-order valence-electron chi connectivity index (χ1n) is 23.9. The summed E-state index contributed by atoms with van der Waals surface area (Å²) in [6, 6.07) is 9.65. The zero-order chi connectivity index (χ0) is 43.9. The van der Waals surface area contributed by atoms with Crippen molar-refractivity contribution in [3.05, 3.63) is 71.3 Å². The number of benzene rings is 1. The molecule has 1 aromatic rings. The molecule has 7 aliphatic rings. The molecule has 8 rings (SSSR count). The molecule has 0 radical (unpaired) electrons. The molecular weight excluding hydrogens is 784 g/mol. The van der Waals surface area contributed by atoms with Crippen molar-refractivity contribution >= 4 is 16.0 Å². The van der Waals surface area contributed by atoms with Gasteiger partial charge in [0.2, 0.25) is 10.0 Å². The predicted octanol–water partition coefficient (Wildman–Crippen LogP) is 10.5. The summed E-state index contributed by atoms with van der Waals surface area (Å²) in [4.78, 5) is 13.4. The minimum atomic E-state index is -3.24. The van der Waals surface area contributed by atoms with Crippen LogP contribution in [0.3, 0.4) is 0 Å². The van der Waals surface area contributed by atoms with Crippen LogP contribution in [0.15, 0.2) is 65.8 Å². The minimum Gasteiger partial charge on any atom is -0.460 e. The number of piperidine rings is 1. The number of sulfonamides is 1. The Morgan fingerprint density at radius 3 is 2.26 bits per heavy atom. The molecule has 4 saturated carbocycles. The summed E-state index contributed by atoms with van der Waals surface area (Å²) >= 11 is 0. The third-order valence-corrected chi connectivity index (χ3v) is 21.0. The smallest absolute Gasteiger partial charge is 0.315 e. The number of rotatable bonds is 11. The van der Waals surface area contributed by atoms with E-state index in [0.717, 1.165) is 31.4 Å². The fourth-order valence-corrected chi connectivity index (χ4v) is 16.9. The second-order valence-electron chi connectivity index (χ2n) is 22.9. The van der Waals surface area contributed by atoms with Crippen molar-refractivity contribution in [1.29, 1.82) is 0 Å². The number of alkyl halides is 1. The molecular formula is C52H77FN2O5S. The molecule has 1 aliphatic heterocycles. The van der Waals surface area contributed by atoms with Crippen molar-refractivity contribution < 1.29 is 27.4 Å². The first-order chi connectivity index (χ1) is 28.7. The fraction of sp³-hybridized carbons (Fsp3) is 0.750. The maximum atomic E-state index is 14.8. The molecule has 2 N–H and O–H groups in total. The number of nitrogens with zero attached hydrogens (tertiary/aromatic N) is 1. The Labute approximate surface area is 367 Å². The van der Waals surface area contributed by atoms with Crippen LogP contribution in [0.5, 0.6) is 0 Å². The average Bonchev–Trinajstić information content (AvgIpc) is 3.60. The number of ether oxygens (including phenoxy) is 1. The van der Waals surface area contributed by atoms with Gasteiger partial charge in [0.05, 0.1) is 17.3 Å². The van der Waals surface area contributed by atoms with Gasteiger partial charge in [0.15, 0.2) is 0 Å². The Hall–Kier alpha value is -2.33. The third kappa shape index (κ3) is 7.47. The van der Waals surface area contributed by atoms with Gasteiger partial charge < -0.3 is 15.2 Å². The second-order valence-corrected chi connectivity index (χ2v) is 24.8. The van der Waals surface area contributed by atoms with E-state index in [1.807, 2.05) is 30.3 Å². The van der Waals surface area contributed by atoms with E-state index in [-0.39, 0.29) is 33.8 Å². The number of hydrogen-bond donors (Lipinski definition) is 2. The fourth-order valence-electron chi connectivity index (χ4n) is 16.0. The number of halogens is 1. The second kappa shape index (κ2) is 16.0. The van der Waals surface area contributed by atoms with Crippen molar-refractivity contribution in [2.24, 2.45) is 56.7 Å². The van der Waals surface area contributed by atoms with Crippen LogP contribution in [0.4, 0.5) is 4.39 Å². The summed E-state index contributed by atoms with van der Waals surface area (Å²) < 4.78 is 46.3. The van der Waals surface area contributed by atoms with Crippen molar-refractivity contribution in [3.63, 3.8) is 0 Å². The monoisotopic (exact) mass is 861 g/mol. The van der Waals surface area contributed by atoms with Gasteiger partial charge in [-0.15, -0.1) is 0 Å². The zero-order valence-electron chi connectivity index (χ0n) is 38.6. The number of allylic oxidation sites excluding steroid dienone is 5. The predicted molar refractivity (Wildman–Crippen MR) is 243 cm³/mol. The summed E-state index contributed by atoms with van der Waals surface area (Å²) in [5.74, 6) is 2.36. The molecule has 9 heteroatoms. The maximum absolute atomic E-state index is 14.8. The van der Waals surface area contributed by atoms with E-state index in [0.29, 0.717) is 81.2 Å². The largest absolute Gasteiger partial charge is 0.460 e. The number of fused-ring (bicyclic) bond motifs is 7. The highest BCUT2D eigenvalue weighted by Crippen LogP contribution is 2.76. The highest BCUT2D eigenvalue weighted by molar-refractivity contribution is 7.88. The van der Waals surface area contributed by atoms with E-state index in [1.54, 1.807) is 0 Å². The molecule has 338 valence electrons. The van der Waals surface area contributed by atoms with Gasteiger partial charge in [-0.2, -0.15) is 0 Å².